The Labute approximate surface area is 149 Å². The average Bonchev–Trinajstić information content (AvgIpc) is 2.80. The van der Waals surface area contributed by atoms with E-state index in [9.17, 15) is 14.4 Å². The normalized spacial score (nSPS) is 24.3. The van der Waals surface area contributed by atoms with E-state index in [0.29, 0.717) is 31.8 Å². The highest BCUT2D eigenvalue weighted by Crippen LogP contribution is 2.33. The van der Waals surface area contributed by atoms with Crippen LogP contribution in [0.3, 0.4) is 0 Å². The fourth-order valence-electron chi connectivity index (χ4n) is 4.25. The molecule has 2 saturated heterocycles. The maximum Gasteiger partial charge on any atom is 0.325 e. The predicted molar refractivity (Wildman–Crippen MR) is 93.9 cm³/mol. The summed E-state index contributed by atoms with van der Waals surface area (Å²) in [4.78, 5) is 42.9. The first kappa shape index (κ1) is 18.2. The molecule has 7 nitrogen and oxygen atoms in total. The summed E-state index contributed by atoms with van der Waals surface area (Å²) in [6.07, 6.45) is 4.38. The fourth-order valence-corrected chi connectivity index (χ4v) is 4.25. The third-order valence-electron chi connectivity index (χ3n) is 5.59. The van der Waals surface area contributed by atoms with Crippen molar-refractivity contribution in [3.05, 3.63) is 0 Å². The van der Waals surface area contributed by atoms with Gasteiger partial charge in [-0.15, -0.1) is 0 Å². The fraction of sp³-hybridized carbons (Fsp3) is 0.833. The number of carbonyl (C=O) groups excluding carboxylic acids is 3. The summed E-state index contributed by atoms with van der Waals surface area (Å²) in [5, 5.41) is 2.86. The van der Waals surface area contributed by atoms with E-state index in [1.165, 1.54) is 0 Å². The first-order valence-corrected chi connectivity index (χ1v) is 9.55. The minimum Gasteiger partial charge on any atom is -0.339 e. The highest BCUT2D eigenvalue weighted by Gasteiger charge is 2.51. The lowest BCUT2D eigenvalue weighted by atomic mass is 9.82. The average molecular weight is 350 g/mol. The molecule has 0 aromatic carbocycles. The first-order chi connectivity index (χ1) is 11.9. The Hall–Kier alpha value is -1.63. The highest BCUT2D eigenvalue weighted by atomic mass is 16.2. The van der Waals surface area contributed by atoms with Crippen molar-refractivity contribution in [1.82, 2.24) is 20.0 Å². The van der Waals surface area contributed by atoms with Crippen LogP contribution in [-0.2, 0) is 9.59 Å². The Kier molecular flexibility index (Phi) is 5.32. The predicted octanol–water partition coefficient (Wildman–Crippen LogP) is 1.04. The summed E-state index contributed by atoms with van der Waals surface area (Å²) < 4.78 is 0. The number of amides is 4. The maximum absolute atomic E-state index is 12.7. The molecule has 0 unspecified atom stereocenters. The van der Waals surface area contributed by atoms with Crippen molar-refractivity contribution < 1.29 is 14.4 Å². The molecule has 1 saturated carbocycles. The summed E-state index contributed by atoms with van der Waals surface area (Å²) in [5.41, 5.74) is -0.744. The van der Waals surface area contributed by atoms with Crippen LogP contribution in [0, 0.1) is 5.92 Å². The Morgan fingerprint density at radius 3 is 2.32 bits per heavy atom. The van der Waals surface area contributed by atoms with Gasteiger partial charge in [-0.1, -0.05) is 33.1 Å². The molecule has 0 bridgehead atoms. The van der Waals surface area contributed by atoms with E-state index in [-0.39, 0.29) is 18.4 Å². The zero-order chi connectivity index (χ0) is 18.0. The molecule has 3 rings (SSSR count). The van der Waals surface area contributed by atoms with Crippen LogP contribution in [0.15, 0.2) is 0 Å². The Morgan fingerprint density at radius 1 is 1.08 bits per heavy atom. The second-order valence-corrected chi connectivity index (χ2v) is 8.04. The van der Waals surface area contributed by atoms with Crippen LogP contribution < -0.4 is 5.32 Å². The molecule has 0 atom stereocenters. The zero-order valence-corrected chi connectivity index (χ0v) is 15.4. The molecule has 1 spiro atoms. The number of urea groups is 1. The molecule has 4 amide bonds. The molecule has 0 aromatic heterocycles. The van der Waals surface area contributed by atoms with Crippen LogP contribution in [-0.4, -0.2) is 77.4 Å². The number of nitrogens with one attached hydrogen (secondary N) is 1. The standard InChI is InChI=1S/C18H30N4O3/c1-14(2)12-20-8-10-21(11-9-20)15(23)13-22-16(24)18(19-17(22)25)6-4-3-5-7-18/h14H,3-13H2,1-2H3,(H,19,25). The van der Waals surface area contributed by atoms with Crippen LogP contribution in [0.1, 0.15) is 46.0 Å². The van der Waals surface area contributed by atoms with Gasteiger partial charge < -0.3 is 10.2 Å². The minimum absolute atomic E-state index is 0.124. The maximum atomic E-state index is 12.7. The number of nitrogens with zero attached hydrogens (tertiary/aromatic N) is 3. The lowest BCUT2D eigenvalue weighted by Gasteiger charge is -2.36. The molecule has 0 radical (unpaired) electrons. The minimum atomic E-state index is -0.744. The Bertz CT molecular complexity index is 534. The van der Waals surface area contributed by atoms with E-state index in [2.05, 4.69) is 24.1 Å². The van der Waals surface area contributed by atoms with Crippen LogP contribution in [0.4, 0.5) is 4.79 Å². The summed E-state index contributed by atoms with van der Waals surface area (Å²) in [5.74, 6) is 0.282. The number of hydrogen-bond donors (Lipinski definition) is 1. The van der Waals surface area contributed by atoms with Gasteiger partial charge in [0.25, 0.3) is 5.91 Å². The number of imide groups is 1. The lowest BCUT2D eigenvalue weighted by molar-refractivity contribution is -0.140. The molecule has 140 valence electrons. The number of carbonyl (C=O) groups is 3. The van der Waals surface area contributed by atoms with Crippen molar-refractivity contribution in [1.29, 1.82) is 0 Å². The van der Waals surface area contributed by atoms with Crippen molar-refractivity contribution in [2.45, 2.75) is 51.5 Å². The Morgan fingerprint density at radius 2 is 1.72 bits per heavy atom. The van der Waals surface area contributed by atoms with Gasteiger partial charge in [0.1, 0.15) is 12.1 Å². The second kappa shape index (κ2) is 7.32. The van der Waals surface area contributed by atoms with Gasteiger partial charge in [-0.25, -0.2) is 4.79 Å². The topological polar surface area (TPSA) is 73.0 Å². The van der Waals surface area contributed by atoms with Crippen LogP contribution in [0.2, 0.25) is 0 Å². The molecular formula is C18H30N4O3. The Balaban J connectivity index is 1.55. The summed E-state index contributed by atoms with van der Waals surface area (Å²) in [7, 11) is 0. The third kappa shape index (κ3) is 3.81. The van der Waals surface area contributed by atoms with E-state index >= 15 is 0 Å². The smallest absolute Gasteiger partial charge is 0.325 e. The van der Waals surface area contributed by atoms with Crippen molar-refractivity contribution >= 4 is 17.8 Å². The van der Waals surface area contributed by atoms with Gasteiger partial charge in [-0.05, 0) is 18.8 Å². The van der Waals surface area contributed by atoms with E-state index < -0.39 is 11.6 Å². The monoisotopic (exact) mass is 350 g/mol. The van der Waals surface area contributed by atoms with Crippen LogP contribution >= 0.6 is 0 Å². The molecule has 2 aliphatic heterocycles. The molecule has 7 heteroatoms. The number of hydrogen-bond acceptors (Lipinski definition) is 4. The largest absolute Gasteiger partial charge is 0.339 e. The number of rotatable bonds is 4. The highest BCUT2D eigenvalue weighted by molar-refractivity contribution is 6.09. The molecule has 25 heavy (non-hydrogen) atoms. The third-order valence-corrected chi connectivity index (χ3v) is 5.59. The molecule has 1 N–H and O–H groups in total. The summed E-state index contributed by atoms with van der Waals surface area (Å²) in [6.45, 7) is 8.34. The van der Waals surface area contributed by atoms with Crippen LogP contribution in [0.5, 0.6) is 0 Å². The van der Waals surface area contributed by atoms with Gasteiger partial charge in [-0.2, -0.15) is 0 Å². The molecule has 0 aromatic rings. The first-order valence-electron chi connectivity index (χ1n) is 9.55. The van der Waals surface area contributed by atoms with Crippen molar-refractivity contribution in [3.8, 4) is 0 Å². The van der Waals surface area contributed by atoms with Gasteiger partial charge in [0.2, 0.25) is 5.91 Å². The number of piperazine rings is 1. The van der Waals surface area contributed by atoms with Gasteiger partial charge in [0, 0.05) is 32.7 Å². The molecular weight excluding hydrogens is 320 g/mol. The van der Waals surface area contributed by atoms with Crippen molar-refractivity contribution in [3.63, 3.8) is 0 Å². The van der Waals surface area contributed by atoms with Crippen molar-refractivity contribution in [2.75, 3.05) is 39.3 Å². The van der Waals surface area contributed by atoms with Gasteiger partial charge in [0.05, 0.1) is 0 Å². The SMILES string of the molecule is CC(C)CN1CCN(C(=O)CN2C(=O)NC3(CCCCC3)C2=O)CC1. The van der Waals surface area contributed by atoms with E-state index in [1.807, 2.05) is 0 Å². The molecule has 3 aliphatic rings. The summed E-state index contributed by atoms with van der Waals surface area (Å²) >= 11 is 0. The van der Waals surface area contributed by atoms with E-state index in [4.69, 9.17) is 0 Å². The molecule has 1 aliphatic carbocycles. The van der Waals surface area contributed by atoms with Gasteiger partial charge >= 0.3 is 6.03 Å². The van der Waals surface area contributed by atoms with E-state index in [1.54, 1.807) is 4.90 Å². The van der Waals surface area contributed by atoms with E-state index in [0.717, 1.165) is 43.8 Å². The van der Waals surface area contributed by atoms with Crippen LogP contribution in [0.25, 0.3) is 0 Å². The molecule has 3 fully saturated rings. The zero-order valence-electron chi connectivity index (χ0n) is 15.4. The second-order valence-electron chi connectivity index (χ2n) is 8.04. The van der Waals surface area contributed by atoms with Crippen molar-refractivity contribution in [2.24, 2.45) is 5.92 Å². The summed E-state index contributed by atoms with van der Waals surface area (Å²) in [6, 6.07) is -0.404. The lowest BCUT2D eigenvalue weighted by Crippen LogP contribution is -2.53. The van der Waals surface area contributed by atoms with Gasteiger partial charge in [-0.3, -0.25) is 19.4 Å². The quantitative estimate of drug-likeness (QED) is 0.769. The van der Waals surface area contributed by atoms with Gasteiger partial charge in [0.15, 0.2) is 0 Å². The molecule has 2 heterocycles.